The SMILES string of the molecule is CC1CCCCC1CCNC(=O)[C@H](C)N.Cl. The number of carbonyl (C=O) groups excluding carboxylic acids is 1. The highest BCUT2D eigenvalue weighted by Crippen LogP contribution is 2.31. The number of nitrogens with two attached hydrogens (primary N) is 1. The maximum atomic E-state index is 11.2. The first-order valence-corrected chi connectivity index (χ1v) is 6.14. The van der Waals surface area contributed by atoms with Gasteiger partial charge < -0.3 is 11.1 Å². The number of rotatable bonds is 4. The Hall–Kier alpha value is -0.280. The minimum absolute atomic E-state index is 0. The fourth-order valence-corrected chi connectivity index (χ4v) is 2.36. The van der Waals surface area contributed by atoms with Crippen molar-refractivity contribution in [2.75, 3.05) is 6.54 Å². The van der Waals surface area contributed by atoms with Crippen molar-refractivity contribution in [3.8, 4) is 0 Å². The van der Waals surface area contributed by atoms with Crippen LogP contribution in [0.2, 0.25) is 0 Å². The Morgan fingerprint density at radius 2 is 2.06 bits per heavy atom. The van der Waals surface area contributed by atoms with E-state index in [1.165, 1.54) is 25.7 Å². The lowest BCUT2D eigenvalue weighted by Crippen LogP contribution is -2.39. The summed E-state index contributed by atoms with van der Waals surface area (Å²) >= 11 is 0. The molecule has 4 heteroatoms. The van der Waals surface area contributed by atoms with E-state index in [4.69, 9.17) is 5.73 Å². The fraction of sp³-hybridized carbons (Fsp3) is 0.917. The first-order chi connectivity index (χ1) is 7.11. The predicted octanol–water partition coefficient (Wildman–Crippen LogP) is 2.09. The highest BCUT2D eigenvalue weighted by Gasteiger charge is 2.20. The molecular weight excluding hydrogens is 224 g/mol. The van der Waals surface area contributed by atoms with Gasteiger partial charge in [-0.15, -0.1) is 12.4 Å². The van der Waals surface area contributed by atoms with Crippen molar-refractivity contribution in [2.45, 2.75) is 52.0 Å². The van der Waals surface area contributed by atoms with Gasteiger partial charge in [0.15, 0.2) is 0 Å². The van der Waals surface area contributed by atoms with Gasteiger partial charge in [0, 0.05) is 6.54 Å². The third-order valence-corrected chi connectivity index (χ3v) is 3.52. The zero-order valence-electron chi connectivity index (χ0n) is 10.4. The first kappa shape index (κ1) is 15.7. The molecule has 0 saturated heterocycles. The van der Waals surface area contributed by atoms with Crippen molar-refractivity contribution in [1.29, 1.82) is 0 Å². The molecule has 1 amide bonds. The molecule has 0 radical (unpaired) electrons. The lowest BCUT2D eigenvalue weighted by Gasteiger charge is -2.28. The summed E-state index contributed by atoms with van der Waals surface area (Å²) < 4.78 is 0. The number of carbonyl (C=O) groups is 1. The number of hydrogen-bond donors (Lipinski definition) is 2. The highest BCUT2D eigenvalue weighted by molar-refractivity contribution is 5.85. The fourth-order valence-electron chi connectivity index (χ4n) is 2.36. The van der Waals surface area contributed by atoms with Crippen LogP contribution in [0, 0.1) is 11.8 Å². The third-order valence-electron chi connectivity index (χ3n) is 3.52. The van der Waals surface area contributed by atoms with Crippen LogP contribution in [0.25, 0.3) is 0 Å². The molecule has 0 aromatic rings. The minimum atomic E-state index is -0.381. The molecule has 0 aromatic heterocycles. The van der Waals surface area contributed by atoms with Crippen molar-refractivity contribution in [1.82, 2.24) is 5.32 Å². The number of nitrogens with one attached hydrogen (secondary N) is 1. The number of amides is 1. The summed E-state index contributed by atoms with van der Waals surface area (Å²) in [5, 5.41) is 2.89. The molecule has 16 heavy (non-hydrogen) atoms. The molecule has 96 valence electrons. The van der Waals surface area contributed by atoms with Gasteiger partial charge in [0.05, 0.1) is 6.04 Å². The maximum Gasteiger partial charge on any atom is 0.236 e. The van der Waals surface area contributed by atoms with Crippen LogP contribution in [0.3, 0.4) is 0 Å². The molecular formula is C12H25ClN2O. The highest BCUT2D eigenvalue weighted by atomic mass is 35.5. The van der Waals surface area contributed by atoms with E-state index >= 15 is 0 Å². The van der Waals surface area contributed by atoms with Crippen molar-refractivity contribution in [3.05, 3.63) is 0 Å². The Balaban J connectivity index is 0.00000225. The van der Waals surface area contributed by atoms with Crippen LogP contribution < -0.4 is 11.1 Å². The largest absolute Gasteiger partial charge is 0.355 e. The topological polar surface area (TPSA) is 55.1 Å². The van der Waals surface area contributed by atoms with Crippen LogP contribution in [0.1, 0.15) is 46.0 Å². The smallest absolute Gasteiger partial charge is 0.236 e. The van der Waals surface area contributed by atoms with Crippen molar-refractivity contribution < 1.29 is 4.79 Å². The van der Waals surface area contributed by atoms with Crippen LogP contribution in [0.5, 0.6) is 0 Å². The summed E-state index contributed by atoms with van der Waals surface area (Å²) in [7, 11) is 0. The van der Waals surface area contributed by atoms with Crippen LogP contribution in [0.15, 0.2) is 0 Å². The molecule has 1 saturated carbocycles. The Labute approximate surface area is 105 Å². The summed E-state index contributed by atoms with van der Waals surface area (Å²) in [5.74, 6) is 1.59. The summed E-state index contributed by atoms with van der Waals surface area (Å²) in [6.45, 7) is 4.84. The molecule has 2 unspecified atom stereocenters. The van der Waals surface area contributed by atoms with Crippen LogP contribution in [0.4, 0.5) is 0 Å². The molecule has 1 aliphatic rings. The molecule has 0 heterocycles. The molecule has 1 rings (SSSR count). The van der Waals surface area contributed by atoms with Gasteiger partial charge in [0.2, 0.25) is 5.91 Å². The summed E-state index contributed by atoms with van der Waals surface area (Å²) in [5.41, 5.74) is 5.47. The van der Waals surface area contributed by atoms with Crippen LogP contribution in [-0.2, 0) is 4.79 Å². The standard InChI is InChI=1S/C12H24N2O.ClH/c1-9-5-3-4-6-11(9)7-8-14-12(15)10(2)13;/h9-11H,3-8,13H2,1-2H3,(H,14,15);1H/t9?,10-,11?;/m0./s1. The van der Waals surface area contributed by atoms with E-state index in [2.05, 4.69) is 12.2 Å². The van der Waals surface area contributed by atoms with E-state index in [0.717, 1.165) is 24.8 Å². The second-order valence-electron chi connectivity index (χ2n) is 4.89. The van der Waals surface area contributed by atoms with Gasteiger partial charge in [-0.25, -0.2) is 0 Å². The number of hydrogen-bond acceptors (Lipinski definition) is 2. The molecule has 0 aliphatic heterocycles. The Morgan fingerprint density at radius 3 is 2.62 bits per heavy atom. The zero-order chi connectivity index (χ0) is 11.3. The van der Waals surface area contributed by atoms with Gasteiger partial charge in [-0.05, 0) is 25.2 Å². The van der Waals surface area contributed by atoms with E-state index < -0.39 is 0 Å². The molecule has 0 aromatic carbocycles. The molecule has 0 bridgehead atoms. The normalized spacial score (nSPS) is 26.7. The van der Waals surface area contributed by atoms with Gasteiger partial charge in [-0.3, -0.25) is 4.79 Å². The van der Waals surface area contributed by atoms with Gasteiger partial charge in [-0.2, -0.15) is 0 Å². The van der Waals surface area contributed by atoms with E-state index in [9.17, 15) is 4.79 Å². The second-order valence-corrected chi connectivity index (χ2v) is 4.89. The third kappa shape index (κ3) is 5.17. The average molecular weight is 249 g/mol. The summed E-state index contributed by atoms with van der Waals surface area (Å²) in [6, 6.07) is -0.381. The zero-order valence-corrected chi connectivity index (χ0v) is 11.2. The molecule has 0 spiro atoms. The first-order valence-electron chi connectivity index (χ1n) is 6.14. The van der Waals surface area contributed by atoms with Crippen LogP contribution >= 0.6 is 12.4 Å². The van der Waals surface area contributed by atoms with E-state index in [0.29, 0.717) is 0 Å². The van der Waals surface area contributed by atoms with Crippen molar-refractivity contribution in [3.63, 3.8) is 0 Å². The predicted molar refractivity (Wildman–Crippen MR) is 69.6 cm³/mol. The van der Waals surface area contributed by atoms with Gasteiger partial charge in [0.25, 0.3) is 0 Å². The maximum absolute atomic E-state index is 11.2. The average Bonchev–Trinajstić information content (AvgIpc) is 2.20. The van der Waals surface area contributed by atoms with Crippen molar-refractivity contribution >= 4 is 18.3 Å². The van der Waals surface area contributed by atoms with E-state index in [1.807, 2.05) is 0 Å². The minimum Gasteiger partial charge on any atom is -0.355 e. The Kier molecular flexibility index (Phi) is 7.77. The van der Waals surface area contributed by atoms with Crippen molar-refractivity contribution in [2.24, 2.45) is 17.6 Å². The summed E-state index contributed by atoms with van der Waals surface area (Å²) in [6.07, 6.45) is 6.53. The van der Waals surface area contributed by atoms with E-state index in [-0.39, 0.29) is 24.4 Å². The second kappa shape index (κ2) is 7.91. The van der Waals surface area contributed by atoms with Gasteiger partial charge in [0.1, 0.15) is 0 Å². The van der Waals surface area contributed by atoms with Gasteiger partial charge >= 0.3 is 0 Å². The molecule has 3 N–H and O–H groups in total. The van der Waals surface area contributed by atoms with E-state index in [1.54, 1.807) is 6.92 Å². The lowest BCUT2D eigenvalue weighted by molar-refractivity contribution is -0.122. The Bertz CT molecular complexity index is 209. The van der Waals surface area contributed by atoms with Gasteiger partial charge in [-0.1, -0.05) is 32.6 Å². The molecule has 3 atom stereocenters. The number of halogens is 1. The lowest BCUT2D eigenvalue weighted by atomic mass is 9.79. The Morgan fingerprint density at radius 1 is 1.44 bits per heavy atom. The monoisotopic (exact) mass is 248 g/mol. The molecule has 3 nitrogen and oxygen atoms in total. The quantitative estimate of drug-likeness (QED) is 0.801. The molecule has 1 aliphatic carbocycles. The summed E-state index contributed by atoms with van der Waals surface area (Å²) in [4.78, 5) is 11.2. The van der Waals surface area contributed by atoms with Crippen LogP contribution in [-0.4, -0.2) is 18.5 Å². The molecule has 1 fully saturated rings.